The minimum absolute atomic E-state index is 0.0867. The summed E-state index contributed by atoms with van der Waals surface area (Å²) < 4.78 is 45.4. The number of hydrogen-bond donors (Lipinski definition) is 1. The lowest BCUT2D eigenvalue weighted by atomic mass is 10.1. The van der Waals surface area contributed by atoms with Gasteiger partial charge in [0.1, 0.15) is 18.5 Å². The summed E-state index contributed by atoms with van der Waals surface area (Å²) in [6.07, 6.45) is -1.44. The van der Waals surface area contributed by atoms with E-state index in [0.29, 0.717) is 11.4 Å². The zero-order chi connectivity index (χ0) is 15.3. The van der Waals surface area contributed by atoms with Gasteiger partial charge in [-0.1, -0.05) is 15.9 Å². The van der Waals surface area contributed by atoms with Crippen LogP contribution in [-0.4, -0.2) is 23.9 Å². The van der Waals surface area contributed by atoms with Gasteiger partial charge in [0.05, 0.1) is 5.56 Å². The first-order chi connectivity index (χ1) is 9.24. The van der Waals surface area contributed by atoms with Crippen LogP contribution in [0.3, 0.4) is 0 Å². The molecule has 0 bridgehead atoms. The first-order valence-corrected chi connectivity index (χ1v) is 6.65. The predicted octanol–water partition coefficient (Wildman–Crippen LogP) is 4.14. The molecule has 0 aliphatic heterocycles. The third kappa shape index (κ3) is 5.03. The Balaban J connectivity index is 2.92. The highest BCUT2D eigenvalue weighted by molar-refractivity contribution is 9.10. The van der Waals surface area contributed by atoms with Crippen molar-refractivity contribution < 1.29 is 27.8 Å². The van der Waals surface area contributed by atoms with E-state index in [4.69, 9.17) is 9.84 Å². The fourth-order valence-corrected chi connectivity index (χ4v) is 1.94. The van der Waals surface area contributed by atoms with E-state index in [1.54, 1.807) is 0 Å². The summed E-state index contributed by atoms with van der Waals surface area (Å²) in [5.74, 6) is -4.38. The van der Waals surface area contributed by atoms with Crippen LogP contribution in [0.1, 0.15) is 25.3 Å². The quantitative estimate of drug-likeness (QED) is 0.800. The standard InChI is InChI=1S/C13H14BrF3O3/c1-13(16,17)10-6-8(14)2-4-11(10)20-9(7-15)3-5-12(18)19/h2,4,6,9H,3,5,7H2,1H3,(H,18,19)/t9-/m1/s1. The Morgan fingerprint density at radius 3 is 2.65 bits per heavy atom. The van der Waals surface area contributed by atoms with E-state index in [1.807, 2.05) is 0 Å². The number of carbonyl (C=O) groups is 1. The maximum atomic E-state index is 13.5. The lowest BCUT2D eigenvalue weighted by Gasteiger charge is -2.21. The minimum atomic E-state index is -3.15. The number of carboxylic acids is 1. The van der Waals surface area contributed by atoms with Gasteiger partial charge in [-0.3, -0.25) is 4.79 Å². The molecule has 1 aromatic rings. The summed E-state index contributed by atoms with van der Waals surface area (Å²) in [6.45, 7) is -0.235. The van der Waals surface area contributed by atoms with Gasteiger partial charge in [0.2, 0.25) is 0 Å². The number of halogens is 4. The molecular weight excluding hydrogens is 341 g/mol. The molecular formula is C13H14BrF3O3. The largest absolute Gasteiger partial charge is 0.487 e. The molecule has 0 aromatic heterocycles. The molecule has 0 radical (unpaired) electrons. The van der Waals surface area contributed by atoms with Crippen molar-refractivity contribution in [2.75, 3.05) is 6.67 Å². The molecule has 3 nitrogen and oxygen atoms in total. The fourth-order valence-electron chi connectivity index (χ4n) is 1.58. The van der Waals surface area contributed by atoms with E-state index in [0.717, 1.165) is 0 Å². The molecule has 0 fully saturated rings. The van der Waals surface area contributed by atoms with Crippen LogP contribution in [0.4, 0.5) is 13.2 Å². The molecule has 1 N–H and O–H groups in total. The first kappa shape index (κ1) is 16.8. The van der Waals surface area contributed by atoms with Crippen molar-refractivity contribution in [1.82, 2.24) is 0 Å². The molecule has 0 aliphatic carbocycles. The Hall–Kier alpha value is -1.24. The number of rotatable bonds is 7. The number of alkyl halides is 3. The third-order valence-electron chi connectivity index (χ3n) is 2.56. The molecule has 0 aliphatic rings. The van der Waals surface area contributed by atoms with Crippen LogP contribution in [-0.2, 0) is 10.7 Å². The highest BCUT2D eigenvalue weighted by Crippen LogP contribution is 2.37. The van der Waals surface area contributed by atoms with Gasteiger partial charge in [-0.25, -0.2) is 13.2 Å². The van der Waals surface area contributed by atoms with E-state index in [2.05, 4.69) is 15.9 Å². The van der Waals surface area contributed by atoms with Gasteiger partial charge >= 0.3 is 5.97 Å². The maximum absolute atomic E-state index is 13.5. The van der Waals surface area contributed by atoms with Crippen LogP contribution in [0, 0.1) is 0 Å². The lowest BCUT2D eigenvalue weighted by molar-refractivity contribution is -0.137. The molecule has 1 aromatic carbocycles. The van der Waals surface area contributed by atoms with Crippen LogP contribution in [0.5, 0.6) is 5.75 Å². The highest BCUT2D eigenvalue weighted by Gasteiger charge is 2.30. The molecule has 0 saturated heterocycles. The van der Waals surface area contributed by atoms with Gasteiger partial charge in [-0.15, -0.1) is 0 Å². The zero-order valence-corrected chi connectivity index (χ0v) is 12.3. The Morgan fingerprint density at radius 2 is 2.15 bits per heavy atom. The Bertz CT molecular complexity index is 474. The monoisotopic (exact) mass is 354 g/mol. The topological polar surface area (TPSA) is 46.5 Å². The third-order valence-corrected chi connectivity index (χ3v) is 3.05. The number of carboxylic acid groups (broad SMARTS) is 1. The SMILES string of the molecule is CC(F)(F)c1cc(Br)ccc1O[C@@H](CF)CCC(=O)O. The van der Waals surface area contributed by atoms with Crippen LogP contribution in [0.25, 0.3) is 0 Å². The Labute approximate surface area is 122 Å². The normalized spacial score (nSPS) is 13.1. The van der Waals surface area contributed by atoms with Gasteiger partial charge in [-0.05, 0) is 24.6 Å². The van der Waals surface area contributed by atoms with E-state index < -0.39 is 24.7 Å². The van der Waals surface area contributed by atoms with Gasteiger partial charge in [0.25, 0.3) is 5.92 Å². The average molecular weight is 355 g/mol. The molecule has 112 valence electrons. The van der Waals surface area contributed by atoms with Crippen LogP contribution >= 0.6 is 15.9 Å². The van der Waals surface area contributed by atoms with Crippen molar-refractivity contribution in [3.63, 3.8) is 0 Å². The lowest BCUT2D eigenvalue weighted by Crippen LogP contribution is -2.22. The number of aliphatic carboxylic acids is 1. The van der Waals surface area contributed by atoms with E-state index >= 15 is 0 Å². The van der Waals surface area contributed by atoms with Gasteiger partial charge in [-0.2, -0.15) is 0 Å². The van der Waals surface area contributed by atoms with Gasteiger partial charge in [0, 0.05) is 17.8 Å². The fraction of sp³-hybridized carbons (Fsp3) is 0.462. The molecule has 0 heterocycles. The maximum Gasteiger partial charge on any atom is 0.303 e. The molecule has 0 amide bonds. The summed E-state index contributed by atoms with van der Waals surface area (Å²) in [6, 6.07) is 4.00. The molecule has 1 atom stereocenters. The summed E-state index contributed by atoms with van der Waals surface area (Å²) in [5.41, 5.74) is -0.374. The van der Waals surface area contributed by atoms with Crippen molar-refractivity contribution in [3.05, 3.63) is 28.2 Å². The van der Waals surface area contributed by atoms with Crippen LogP contribution in [0.2, 0.25) is 0 Å². The van der Waals surface area contributed by atoms with E-state index in [1.165, 1.54) is 18.2 Å². The van der Waals surface area contributed by atoms with Gasteiger partial charge in [0.15, 0.2) is 0 Å². The number of benzene rings is 1. The summed E-state index contributed by atoms with van der Waals surface area (Å²) in [7, 11) is 0. The Morgan fingerprint density at radius 1 is 1.50 bits per heavy atom. The van der Waals surface area contributed by atoms with Crippen molar-refractivity contribution in [1.29, 1.82) is 0 Å². The minimum Gasteiger partial charge on any atom is -0.487 e. The second-order valence-electron chi connectivity index (χ2n) is 4.36. The highest BCUT2D eigenvalue weighted by atomic mass is 79.9. The van der Waals surface area contributed by atoms with Crippen LogP contribution < -0.4 is 4.74 Å². The molecule has 1 rings (SSSR count). The zero-order valence-electron chi connectivity index (χ0n) is 10.7. The molecule has 0 unspecified atom stereocenters. The molecule has 0 saturated carbocycles. The number of ether oxygens (including phenoxy) is 1. The Kier molecular flexibility index (Phi) is 5.86. The summed E-state index contributed by atoms with van der Waals surface area (Å²) in [4.78, 5) is 10.4. The number of hydrogen-bond acceptors (Lipinski definition) is 2. The summed E-state index contributed by atoms with van der Waals surface area (Å²) >= 11 is 3.08. The van der Waals surface area contributed by atoms with Crippen molar-refractivity contribution in [2.45, 2.75) is 31.8 Å². The second kappa shape index (κ2) is 6.97. The second-order valence-corrected chi connectivity index (χ2v) is 5.27. The van der Waals surface area contributed by atoms with Crippen LogP contribution in [0.15, 0.2) is 22.7 Å². The van der Waals surface area contributed by atoms with Gasteiger partial charge < -0.3 is 9.84 Å². The smallest absolute Gasteiger partial charge is 0.303 e. The average Bonchev–Trinajstić information content (AvgIpc) is 2.34. The summed E-state index contributed by atoms with van der Waals surface area (Å²) in [5, 5.41) is 8.54. The van der Waals surface area contributed by atoms with E-state index in [9.17, 15) is 18.0 Å². The first-order valence-electron chi connectivity index (χ1n) is 5.86. The molecule has 7 heteroatoms. The van der Waals surface area contributed by atoms with Crippen molar-refractivity contribution >= 4 is 21.9 Å². The van der Waals surface area contributed by atoms with E-state index in [-0.39, 0.29) is 24.2 Å². The predicted molar refractivity (Wildman–Crippen MR) is 71.0 cm³/mol. The van der Waals surface area contributed by atoms with Crippen molar-refractivity contribution in [3.8, 4) is 5.75 Å². The molecule has 20 heavy (non-hydrogen) atoms. The molecule has 0 spiro atoms. The van der Waals surface area contributed by atoms with Crippen molar-refractivity contribution in [2.24, 2.45) is 0 Å².